The summed E-state index contributed by atoms with van der Waals surface area (Å²) in [6.45, 7) is 6.60. The molecule has 176 valence electrons. The molecule has 3 aromatic heterocycles. The minimum Gasteiger partial charge on any atom is -0.371 e. The summed E-state index contributed by atoms with van der Waals surface area (Å²) in [5, 5.41) is 6.54. The van der Waals surface area contributed by atoms with Crippen molar-refractivity contribution in [3.8, 4) is 11.3 Å². The molecule has 1 atom stereocenters. The Morgan fingerprint density at radius 1 is 1.03 bits per heavy atom. The molecular formula is C25H31N9. The summed E-state index contributed by atoms with van der Waals surface area (Å²) in [4.78, 5) is 23.3. The van der Waals surface area contributed by atoms with Crippen molar-refractivity contribution < 1.29 is 0 Å². The van der Waals surface area contributed by atoms with Crippen LogP contribution >= 0.6 is 0 Å². The van der Waals surface area contributed by atoms with Gasteiger partial charge in [-0.25, -0.2) is 15.0 Å². The topological polar surface area (TPSA) is 87.0 Å². The van der Waals surface area contributed by atoms with E-state index in [1.807, 2.05) is 24.9 Å². The lowest BCUT2D eigenvalue weighted by molar-refractivity contribution is 0.1000. The maximum absolute atomic E-state index is 4.75. The van der Waals surface area contributed by atoms with Gasteiger partial charge >= 0.3 is 0 Å². The Morgan fingerprint density at radius 3 is 2.62 bits per heavy atom. The van der Waals surface area contributed by atoms with Crippen LogP contribution in [0.25, 0.3) is 22.3 Å². The Bertz CT molecular complexity index is 1280. The maximum Gasteiger partial charge on any atom is 0.154 e. The van der Waals surface area contributed by atoms with Crippen molar-refractivity contribution in [3.63, 3.8) is 0 Å². The number of piperazine rings is 1. The molecule has 9 nitrogen and oxygen atoms in total. The lowest BCUT2D eigenvalue weighted by Crippen LogP contribution is -2.49. The second-order valence-electron chi connectivity index (χ2n) is 9.00. The number of nitrogens with zero attached hydrogens (tertiary/aromatic N) is 7. The molecule has 5 rings (SSSR count). The zero-order valence-corrected chi connectivity index (χ0v) is 20.2. The minimum atomic E-state index is 0.595. The number of nitrogens with one attached hydrogen (secondary N) is 2. The van der Waals surface area contributed by atoms with Gasteiger partial charge in [-0.3, -0.25) is 9.88 Å². The van der Waals surface area contributed by atoms with E-state index in [4.69, 9.17) is 9.97 Å². The Labute approximate surface area is 199 Å². The Balaban J connectivity index is 1.31. The first-order chi connectivity index (χ1) is 16.5. The largest absolute Gasteiger partial charge is 0.371 e. The van der Waals surface area contributed by atoms with E-state index in [0.29, 0.717) is 17.7 Å². The molecule has 2 N–H and O–H groups in total. The predicted octanol–water partition coefficient (Wildman–Crippen LogP) is 3.35. The summed E-state index contributed by atoms with van der Waals surface area (Å²) >= 11 is 0. The lowest BCUT2D eigenvalue weighted by atomic mass is 10.1. The fourth-order valence-electron chi connectivity index (χ4n) is 4.40. The van der Waals surface area contributed by atoms with Gasteiger partial charge in [0.15, 0.2) is 11.6 Å². The van der Waals surface area contributed by atoms with Crippen molar-refractivity contribution in [1.29, 1.82) is 0 Å². The highest BCUT2D eigenvalue weighted by molar-refractivity contribution is 5.93. The number of aromatic nitrogens is 5. The fraction of sp³-hybridized carbons (Fsp3) is 0.360. The van der Waals surface area contributed by atoms with Crippen LogP contribution in [0.15, 0.2) is 49.2 Å². The maximum atomic E-state index is 4.75. The van der Waals surface area contributed by atoms with Crippen LogP contribution in [0, 0.1) is 0 Å². The van der Waals surface area contributed by atoms with Crippen LogP contribution < -0.4 is 10.6 Å². The number of likely N-dealkylation sites (N-methyl/N-ethyl adjacent to an activating group) is 1. The van der Waals surface area contributed by atoms with E-state index in [0.717, 1.165) is 54.2 Å². The Kier molecular flexibility index (Phi) is 6.12. The average Bonchev–Trinajstić information content (AvgIpc) is 3.23. The van der Waals surface area contributed by atoms with Gasteiger partial charge in [-0.05, 0) is 31.7 Å². The van der Waals surface area contributed by atoms with Gasteiger partial charge in [0.1, 0.15) is 11.2 Å². The third kappa shape index (κ3) is 4.44. The van der Waals surface area contributed by atoms with E-state index in [1.54, 1.807) is 18.7 Å². The quantitative estimate of drug-likeness (QED) is 0.456. The van der Waals surface area contributed by atoms with Crippen LogP contribution in [-0.2, 0) is 13.6 Å². The molecular weight excluding hydrogens is 426 g/mol. The highest BCUT2D eigenvalue weighted by Gasteiger charge is 2.20. The molecule has 4 aromatic rings. The van der Waals surface area contributed by atoms with Crippen molar-refractivity contribution in [3.05, 3.63) is 54.7 Å². The molecule has 0 radical (unpaired) electrons. The smallest absolute Gasteiger partial charge is 0.154 e. The van der Waals surface area contributed by atoms with Crippen LogP contribution in [-0.4, -0.2) is 74.1 Å². The first-order valence-electron chi connectivity index (χ1n) is 11.6. The van der Waals surface area contributed by atoms with Gasteiger partial charge in [-0.2, -0.15) is 0 Å². The first-order valence-corrected chi connectivity index (χ1v) is 11.6. The predicted molar refractivity (Wildman–Crippen MR) is 136 cm³/mol. The summed E-state index contributed by atoms with van der Waals surface area (Å²) in [7, 11) is 6.00. The van der Waals surface area contributed by atoms with Crippen LogP contribution in [0.5, 0.6) is 0 Å². The van der Waals surface area contributed by atoms with E-state index in [1.165, 1.54) is 5.56 Å². The SMILES string of the molecule is CNc1nc(Nc2ccc(CN3CCN(C)[C@H](C)C3)cc2)cnc1-c1cncc2c1ncn2C. The lowest BCUT2D eigenvalue weighted by Gasteiger charge is -2.37. The molecule has 0 spiro atoms. The highest BCUT2D eigenvalue weighted by atomic mass is 15.3. The summed E-state index contributed by atoms with van der Waals surface area (Å²) < 4.78 is 1.95. The molecule has 1 fully saturated rings. The Hall–Kier alpha value is -3.56. The monoisotopic (exact) mass is 457 g/mol. The number of hydrogen-bond donors (Lipinski definition) is 2. The Morgan fingerprint density at radius 2 is 1.85 bits per heavy atom. The molecule has 1 aromatic carbocycles. The normalized spacial score (nSPS) is 17.2. The molecule has 1 aliphatic rings. The number of aryl methyl sites for hydroxylation is 1. The van der Waals surface area contributed by atoms with Gasteiger partial charge in [0.05, 0.1) is 29.8 Å². The molecule has 0 aliphatic carbocycles. The molecule has 0 saturated carbocycles. The van der Waals surface area contributed by atoms with E-state index in [2.05, 4.69) is 68.6 Å². The molecule has 34 heavy (non-hydrogen) atoms. The number of fused-ring (bicyclic) bond motifs is 1. The second-order valence-corrected chi connectivity index (χ2v) is 9.00. The summed E-state index contributed by atoms with van der Waals surface area (Å²) in [6.07, 6.45) is 7.12. The van der Waals surface area contributed by atoms with Crippen LogP contribution in [0.3, 0.4) is 0 Å². The van der Waals surface area contributed by atoms with Gasteiger partial charge in [0, 0.05) is 58.2 Å². The number of hydrogen-bond acceptors (Lipinski definition) is 8. The van der Waals surface area contributed by atoms with Gasteiger partial charge < -0.3 is 20.1 Å². The molecule has 0 amide bonds. The number of imidazole rings is 1. The number of pyridine rings is 1. The van der Waals surface area contributed by atoms with Gasteiger partial charge in [0.25, 0.3) is 0 Å². The van der Waals surface area contributed by atoms with Gasteiger partial charge in [-0.1, -0.05) is 12.1 Å². The number of benzene rings is 1. The summed E-state index contributed by atoms with van der Waals surface area (Å²) in [5.74, 6) is 1.35. The molecule has 4 heterocycles. The zero-order chi connectivity index (χ0) is 23.7. The van der Waals surface area contributed by atoms with Gasteiger partial charge in [0.2, 0.25) is 0 Å². The van der Waals surface area contributed by atoms with Crippen molar-refractivity contribution in [2.24, 2.45) is 7.05 Å². The van der Waals surface area contributed by atoms with Crippen molar-refractivity contribution in [2.75, 3.05) is 44.4 Å². The molecule has 9 heteroatoms. The molecule has 0 bridgehead atoms. The van der Waals surface area contributed by atoms with Crippen molar-refractivity contribution in [2.45, 2.75) is 19.5 Å². The minimum absolute atomic E-state index is 0.595. The summed E-state index contributed by atoms with van der Waals surface area (Å²) in [6, 6.07) is 9.15. The third-order valence-corrected chi connectivity index (χ3v) is 6.58. The molecule has 1 saturated heterocycles. The zero-order valence-electron chi connectivity index (χ0n) is 20.2. The van der Waals surface area contributed by atoms with Crippen molar-refractivity contribution >= 4 is 28.4 Å². The molecule has 0 unspecified atom stereocenters. The van der Waals surface area contributed by atoms with E-state index in [-0.39, 0.29) is 0 Å². The van der Waals surface area contributed by atoms with Crippen LogP contribution in [0.2, 0.25) is 0 Å². The van der Waals surface area contributed by atoms with Gasteiger partial charge in [-0.15, -0.1) is 0 Å². The fourth-order valence-corrected chi connectivity index (χ4v) is 4.40. The number of rotatable bonds is 6. The number of anilines is 3. The summed E-state index contributed by atoms with van der Waals surface area (Å²) in [5.41, 5.74) is 5.68. The van der Waals surface area contributed by atoms with E-state index in [9.17, 15) is 0 Å². The molecule has 1 aliphatic heterocycles. The highest BCUT2D eigenvalue weighted by Crippen LogP contribution is 2.30. The third-order valence-electron chi connectivity index (χ3n) is 6.58. The van der Waals surface area contributed by atoms with Crippen LogP contribution in [0.4, 0.5) is 17.3 Å². The van der Waals surface area contributed by atoms with E-state index < -0.39 is 0 Å². The second kappa shape index (κ2) is 9.36. The van der Waals surface area contributed by atoms with Crippen molar-refractivity contribution in [1.82, 2.24) is 34.3 Å². The standard InChI is InChI=1S/C25H31N9/c1-17-14-34(10-9-32(17)3)15-18-5-7-19(8-6-18)30-22-13-28-24(25(26-2)31-22)20-11-27-12-21-23(20)29-16-33(21)4/h5-8,11-13,16-17H,9-10,14-15H2,1-4H3,(H2,26,30,31)/t17-/m1/s1. The average molecular weight is 458 g/mol. The first kappa shape index (κ1) is 22.2. The van der Waals surface area contributed by atoms with Crippen LogP contribution in [0.1, 0.15) is 12.5 Å². The van der Waals surface area contributed by atoms with E-state index >= 15 is 0 Å².